The predicted molar refractivity (Wildman–Crippen MR) is 188 cm³/mol. The molecule has 11 heteroatoms. The third-order valence-electron chi connectivity index (χ3n) is 9.85. The number of anilines is 2. The van der Waals surface area contributed by atoms with E-state index in [1.807, 2.05) is 60.5 Å². The van der Waals surface area contributed by atoms with Crippen LogP contribution in [0.1, 0.15) is 77.5 Å². The number of likely N-dealkylation sites (N-methyl/N-ethyl adjacent to an activating group) is 1. The normalized spacial score (nSPS) is 20.4. The summed E-state index contributed by atoms with van der Waals surface area (Å²) in [5, 5.41) is 18.3. The lowest BCUT2D eigenvalue weighted by atomic mass is 9.79. The standard InChI is InChI=1S/C22H30N6O.C15H15N3O/c1-27(17-7-8-17)12-3-6-19(29)28-13-10-16(14-28)24-22-20-18(15-4-2-5-15)9-11-23-21(20)25-26-22;1-10-2-4-11(5-3-10)15(19)18-14-8-12(6-7-16-14)13-9-17-13/h3,6,9,11,15-17H,2,4-5,7-8,10,12-14H2,1H3,(H2,23,24,25,26);2-8,13,17H,9H2,1H3,(H,16,18,19)/b6-3+;. The molecule has 4 fully saturated rings. The second-order valence-corrected chi connectivity index (χ2v) is 13.6. The Morgan fingerprint density at radius 1 is 1.04 bits per heavy atom. The first-order chi connectivity index (χ1) is 23.4. The number of aryl methyl sites for hydroxylation is 1. The lowest BCUT2D eigenvalue weighted by Crippen LogP contribution is -2.30. The van der Waals surface area contributed by atoms with Gasteiger partial charge in [0.25, 0.3) is 5.91 Å². The molecule has 5 heterocycles. The number of hydrogen-bond donors (Lipinski definition) is 4. The highest BCUT2D eigenvalue weighted by Crippen LogP contribution is 2.41. The smallest absolute Gasteiger partial charge is 0.256 e. The number of fused-ring (bicyclic) bond motifs is 1. The quantitative estimate of drug-likeness (QED) is 0.136. The van der Waals surface area contributed by atoms with Crippen molar-refractivity contribution >= 4 is 34.5 Å². The van der Waals surface area contributed by atoms with Crippen LogP contribution in [0, 0.1) is 6.92 Å². The summed E-state index contributed by atoms with van der Waals surface area (Å²) in [6.07, 6.45) is 14.7. The van der Waals surface area contributed by atoms with Crippen molar-refractivity contribution < 1.29 is 9.59 Å². The monoisotopic (exact) mass is 647 g/mol. The number of likely N-dealkylation sites (tertiary alicyclic amines) is 1. The van der Waals surface area contributed by atoms with E-state index < -0.39 is 0 Å². The Bertz CT molecular complexity index is 1770. The second kappa shape index (κ2) is 14.2. The van der Waals surface area contributed by atoms with E-state index in [9.17, 15) is 9.59 Å². The summed E-state index contributed by atoms with van der Waals surface area (Å²) in [6.45, 7) is 5.34. The Balaban J connectivity index is 0.000000166. The van der Waals surface area contributed by atoms with Gasteiger partial charge in [-0.15, -0.1) is 0 Å². The Morgan fingerprint density at radius 2 is 1.83 bits per heavy atom. The summed E-state index contributed by atoms with van der Waals surface area (Å²) in [7, 11) is 2.13. The fourth-order valence-electron chi connectivity index (χ4n) is 6.42. The molecule has 3 aromatic heterocycles. The number of amides is 2. The number of nitrogens with one attached hydrogen (secondary N) is 4. The van der Waals surface area contributed by atoms with Crippen molar-refractivity contribution in [2.45, 2.75) is 69.5 Å². The zero-order valence-corrected chi connectivity index (χ0v) is 27.8. The fraction of sp³-hybridized carbons (Fsp3) is 0.432. The van der Waals surface area contributed by atoms with Gasteiger partial charge < -0.3 is 20.9 Å². The van der Waals surface area contributed by atoms with Crippen molar-refractivity contribution in [2.75, 3.05) is 43.9 Å². The lowest BCUT2D eigenvalue weighted by Gasteiger charge is -2.26. The number of carbonyl (C=O) groups excluding carboxylic acids is 2. The van der Waals surface area contributed by atoms with Gasteiger partial charge in [0, 0.05) is 68.3 Å². The van der Waals surface area contributed by atoms with E-state index in [1.54, 1.807) is 12.3 Å². The second-order valence-electron chi connectivity index (χ2n) is 13.6. The van der Waals surface area contributed by atoms with E-state index in [4.69, 9.17) is 0 Å². The number of carbonyl (C=O) groups is 2. The van der Waals surface area contributed by atoms with Crippen LogP contribution in [0.25, 0.3) is 11.0 Å². The first-order valence-corrected chi connectivity index (χ1v) is 17.2. The molecule has 2 aliphatic heterocycles. The average Bonchev–Trinajstić information content (AvgIpc) is 4.01. The molecule has 8 rings (SSSR count). The van der Waals surface area contributed by atoms with Crippen molar-refractivity contribution in [3.63, 3.8) is 0 Å². The van der Waals surface area contributed by atoms with Crippen LogP contribution in [0.2, 0.25) is 0 Å². The van der Waals surface area contributed by atoms with Gasteiger partial charge in [0.2, 0.25) is 5.91 Å². The van der Waals surface area contributed by atoms with Gasteiger partial charge >= 0.3 is 0 Å². The maximum Gasteiger partial charge on any atom is 0.256 e. The molecule has 0 spiro atoms. The topological polar surface area (TPSA) is 141 Å². The summed E-state index contributed by atoms with van der Waals surface area (Å²) in [5.74, 6) is 2.09. The van der Waals surface area contributed by atoms with Crippen LogP contribution in [0.4, 0.5) is 11.6 Å². The molecule has 2 amide bonds. The van der Waals surface area contributed by atoms with Crippen LogP contribution in [0.15, 0.2) is 67.0 Å². The van der Waals surface area contributed by atoms with E-state index >= 15 is 0 Å². The molecule has 2 aliphatic carbocycles. The van der Waals surface area contributed by atoms with E-state index in [0.717, 1.165) is 66.6 Å². The van der Waals surface area contributed by atoms with Gasteiger partial charge in [0.1, 0.15) is 5.82 Å². The van der Waals surface area contributed by atoms with Gasteiger partial charge in [-0.1, -0.05) is 30.2 Å². The van der Waals surface area contributed by atoms with Crippen molar-refractivity contribution in [1.29, 1.82) is 0 Å². The highest BCUT2D eigenvalue weighted by atomic mass is 16.2. The van der Waals surface area contributed by atoms with Crippen LogP contribution < -0.4 is 16.0 Å². The van der Waals surface area contributed by atoms with Gasteiger partial charge in [0.15, 0.2) is 11.5 Å². The molecule has 11 nitrogen and oxygen atoms in total. The maximum absolute atomic E-state index is 12.5. The largest absolute Gasteiger partial charge is 0.363 e. The van der Waals surface area contributed by atoms with E-state index in [1.165, 1.54) is 37.7 Å². The van der Waals surface area contributed by atoms with Gasteiger partial charge in [-0.25, -0.2) is 9.97 Å². The molecule has 2 unspecified atom stereocenters. The van der Waals surface area contributed by atoms with Gasteiger partial charge in [-0.2, -0.15) is 5.10 Å². The Hall–Kier alpha value is -4.61. The minimum Gasteiger partial charge on any atom is -0.363 e. The van der Waals surface area contributed by atoms with E-state index in [-0.39, 0.29) is 17.9 Å². The van der Waals surface area contributed by atoms with Gasteiger partial charge in [-0.3, -0.25) is 19.6 Å². The number of rotatable bonds is 10. The zero-order valence-electron chi connectivity index (χ0n) is 27.8. The predicted octanol–water partition coefficient (Wildman–Crippen LogP) is 5.18. The number of aromatic amines is 1. The molecule has 4 aromatic rings. The minimum absolute atomic E-state index is 0.113. The summed E-state index contributed by atoms with van der Waals surface area (Å²) in [6, 6.07) is 14.9. The molecule has 2 atom stereocenters. The highest BCUT2D eigenvalue weighted by Gasteiger charge is 2.29. The lowest BCUT2D eigenvalue weighted by molar-refractivity contribution is -0.125. The summed E-state index contributed by atoms with van der Waals surface area (Å²) in [4.78, 5) is 37.5. The third kappa shape index (κ3) is 7.74. The van der Waals surface area contributed by atoms with Crippen LogP contribution in [0.5, 0.6) is 0 Å². The maximum atomic E-state index is 12.5. The van der Waals surface area contributed by atoms with E-state index in [0.29, 0.717) is 23.3 Å². The first-order valence-electron chi connectivity index (χ1n) is 17.2. The van der Waals surface area contributed by atoms with Gasteiger partial charge in [0.05, 0.1) is 5.39 Å². The molecule has 2 saturated carbocycles. The fourth-order valence-corrected chi connectivity index (χ4v) is 6.42. The van der Waals surface area contributed by atoms with Crippen LogP contribution in [0.3, 0.4) is 0 Å². The number of aromatic nitrogens is 4. The molecular weight excluding hydrogens is 602 g/mol. The van der Waals surface area contributed by atoms with Crippen LogP contribution in [-0.2, 0) is 4.79 Å². The number of benzene rings is 1. The third-order valence-corrected chi connectivity index (χ3v) is 9.85. The molecule has 48 heavy (non-hydrogen) atoms. The van der Waals surface area contributed by atoms with Crippen molar-refractivity contribution in [3.8, 4) is 0 Å². The number of hydrogen-bond acceptors (Lipinski definition) is 8. The van der Waals surface area contributed by atoms with Gasteiger partial charge in [-0.05, 0) is 93.5 Å². The molecule has 0 radical (unpaired) electrons. The van der Waals surface area contributed by atoms with E-state index in [2.05, 4.69) is 54.1 Å². The number of pyridine rings is 2. The SMILES string of the molecule is CN(C/C=C/C(=O)N1CCC(Nc2n[nH]c3nccc(C4CCC4)c23)C1)C1CC1.Cc1ccc(C(=O)Nc2cc(C3CN3)ccn2)cc1. The highest BCUT2D eigenvalue weighted by molar-refractivity contribution is 6.03. The van der Waals surface area contributed by atoms with Crippen molar-refractivity contribution in [2.24, 2.45) is 0 Å². The number of H-pyrrole nitrogens is 1. The zero-order chi connectivity index (χ0) is 33.0. The molecule has 4 aliphatic rings. The van der Waals surface area contributed by atoms with Crippen molar-refractivity contribution in [3.05, 3.63) is 89.3 Å². The van der Waals surface area contributed by atoms with Crippen LogP contribution >= 0.6 is 0 Å². The van der Waals surface area contributed by atoms with Crippen LogP contribution in [-0.4, -0.2) is 87.1 Å². The first kappa shape index (κ1) is 32.0. The Morgan fingerprint density at radius 3 is 2.56 bits per heavy atom. The molecule has 2 saturated heterocycles. The Labute approximate surface area is 281 Å². The molecule has 0 bridgehead atoms. The Kier molecular flexibility index (Phi) is 9.49. The number of nitrogens with zero attached hydrogens (tertiary/aromatic N) is 5. The summed E-state index contributed by atoms with van der Waals surface area (Å²) >= 11 is 0. The molecule has 1 aromatic carbocycles. The molecule has 250 valence electrons. The van der Waals surface area contributed by atoms with Crippen molar-refractivity contribution in [1.82, 2.24) is 35.3 Å². The minimum atomic E-state index is -0.131. The average molecular weight is 648 g/mol. The molecule has 4 N–H and O–H groups in total. The summed E-state index contributed by atoms with van der Waals surface area (Å²) in [5.41, 5.74) is 5.14. The molecular formula is C37H45N9O2. The summed E-state index contributed by atoms with van der Waals surface area (Å²) < 4.78 is 0.